The van der Waals surface area contributed by atoms with Crippen LogP contribution >= 0.6 is 0 Å². The molecule has 2 heterocycles. The zero-order valence-electron chi connectivity index (χ0n) is 11.9. The van der Waals surface area contributed by atoms with E-state index in [0.717, 1.165) is 63.4 Å². The number of Topliss-reactive ketones (excluding diaryl/α,β-unsaturated/α-hetero) is 1. The Hall–Kier alpha value is -1.39. The van der Waals surface area contributed by atoms with Crippen molar-refractivity contribution in [3.05, 3.63) is 29.3 Å². The number of rotatable bonds is 3. The molecule has 1 saturated heterocycles. The lowest BCUT2D eigenvalue weighted by Gasteiger charge is -2.20. The van der Waals surface area contributed by atoms with E-state index in [2.05, 4.69) is 10.2 Å². The first-order chi connectivity index (χ1) is 9.83. The minimum absolute atomic E-state index is 0.222. The van der Waals surface area contributed by atoms with Gasteiger partial charge in [0, 0.05) is 18.7 Å². The lowest BCUT2D eigenvalue weighted by Crippen LogP contribution is -2.33. The number of hydrogen-bond donors (Lipinski definition) is 1. The van der Waals surface area contributed by atoms with Crippen molar-refractivity contribution in [2.24, 2.45) is 0 Å². The minimum atomic E-state index is 0.222. The van der Waals surface area contributed by atoms with Crippen LogP contribution in [0.3, 0.4) is 0 Å². The maximum Gasteiger partial charge on any atom is 0.176 e. The summed E-state index contributed by atoms with van der Waals surface area (Å²) in [5.74, 6) is 1.17. The first-order valence-corrected chi connectivity index (χ1v) is 7.55. The molecule has 4 heteroatoms. The van der Waals surface area contributed by atoms with Crippen LogP contribution < -0.4 is 10.1 Å². The van der Waals surface area contributed by atoms with Crippen LogP contribution in [0.15, 0.2) is 18.2 Å². The maximum absolute atomic E-state index is 12.4. The molecule has 1 fully saturated rings. The standard InChI is InChI=1S/C16H22N2O2/c19-15(12-18-8-2-6-17-7-9-18)13-4-5-16-14(11-13)3-1-10-20-16/h4-5,11,17H,1-3,6-10,12H2. The molecule has 2 aliphatic rings. The molecule has 0 radical (unpaired) electrons. The Morgan fingerprint density at radius 2 is 2.20 bits per heavy atom. The quantitative estimate of drug-likeness (QED) is 0.848. The van der Waals surface area contributed by atoms with E-state index in [1.807, 2.05) is 18.2 Å². The second-order valence-corrected chi connectivity index (χ2v) is 5.58. The Balaban J connectivity index is 1.67. The van der Waals surface area contributed by atoms with E-state index in [-0.39, 0.29) is 5.78 Å². The normalized spacial score (nSPS) is 19.8. The van der Waals surface area contributed by atoms with Gasteiger partial charge in [0.2, 0.25) is 0 Å². The molecule has 0 saturated carbocycles. The Bertz CT molecular complexity index is 479. The van der Waals surface area contributed by atoms with Gasteiger partial charge in [-0.2, -0.15) is 0 Å². The monoisotopic (exact) mass is 274 g/mol. The van der Waals surface area contributed by atoms with Crippen LogP contribution in [-0.4, -0.2) is 50.0 Å². The van der Waals surface area contributed by atoms with Crippen LogP contribution in [0.5, 0.6) is 5.75 Å². The number of ether oxygens (including phenoxy) is 1. The van der Waals surface area contributed by atoms with Crippen LogP contribution in [0.4, 0.5) is 0 Å². The number of carbonyl (C=O) groups is 1. The molecule has 20 heavy (non-hydrogen) atoms. The summed E-state index contributed by atoms with van der Waals surface area (Å²) in [6, 6.07) is 5.88. The molecule has 0 unspecified atom stereocenters. The number of aryl methyl sites for hydroxylation is 1. The van der Waals surface area contributed by atoms with Gasteiger partial charge in [0.15, 0.2) is 5.78 Å². The van der Waals surface area contributed by atoms with Crippen molar-refractivity contribution >= 4 is 5.78 Å². The Kier molecular flexibility index (Phi) is 4.33. The number of fused-ring (bicyclic) bond motifs is 1. The second kappa shape index (κ2) is 6.37. The summed E-state index contributed by atoms with van der Waals surface area (Å²) < 4.78 is 5.59. The number of ketones is 1. The van der Waals surface area contributed by atoms with Crippen molar-refractivity contribution in [3.8, 4) is 5.75 Å². The van der Waals surface area contributed by atoms with Crippen LogP contribution in [0.2, 0.25) is 0 Å². The molecule has 0 aromatic heterocycles. The SMILES string of the molecule is O=C(CN1CCCNCC1)c1ccc2c(c1)CCCO2. The lowest BCUT2D eigenvalue weighted by molar-refractivity contribution is 0.0935. The van der Waals surface area contributed by atoms with Gasteiger partial charge in [-0.1, -0.05) is 0 Å². The number of nitrogens with one attached hydrogen (secondary N) is 1. The fourth-order valence-electron chi connectivity index (χ4n) is 2.89. The second-order valence-electron chi connectivity index (χ2n) is 5.58. The third-order valence-corrected chi connectivity index (χ3v) is 4.03. The smallest absolute Gasteiger partial charge is 0.176 e. The average Bonchev–Trinajstić information content (AvgIpc) is 2.75. The molecular weight excluding hydrogens is 252 g/mol. The molecule has 1 aromatic carbocycles. The summed E-state index contributed by atoms with van der Waals surface area (Å²) >= 11 is 0. The summed E-state index contributed by atoms with van der Waals surface area (Å²) in [6.07, 6.45) is 3.18. The van der Waals surface area contributed by atoms with Crippen molar-refractivity contribution in [1.29, 1.82) is 0 Å². The highest BCUT2D eigenvalue weighted by molar-refractivity contribution is 5.98. The van der Waals surface area contributed by atoms with Crippen molar-refractivity contribution in [3.63, 3.8) is 0 Å². The number of benzene rings is 1. The number of nitrogens with zero attached hydrogens (tertiary/aromatic N) is 1. The molecule has 0 spiro atoms. The zero-order valence-corrected chi connectivity index (χ0v) is 11.9. The van der Waals surface area contributed by atoms with Gasteiger partial charge in [-0.15, -0.1) is 0 Å². The van der Waals surface area contributed by atoms with Gasteiger partial charge in [0.05, 0.1) is 13.2 Å². The van der Waals surface area contributed by atoms with E-state index in [1.165, 1.54) is 5.56 Å². The van der Waals surface area contributed by atoms with E-state index in [0.29, 0.717) is 6.54 Å². The van der Waals surface area contributed by atoms with E-state index >= 15 is 0 Å². The fraction of sp³-hybridized carbons (Fsp3) is 0.562. The van der Waals surface area contributed by atoms with Gasteiger partial charge in [-0.3, -0.25) is 9.69 Å². The van der Waals surface area contributed by atoms with Gasteiger partial charge in [0.1, 0.15) is 5.75 Å². The Labute approximate surface area is 120 Å². The molecule has 0 atom stereocenters. The van der Waals surface area contributed by atoms with E-state index < -0.39 is 0 Å². The van der Waals surface area contributed by atoms with Gasteiger partial charge in [0.25, 0.3) is 0 Å². The van der Waals surface area contributed by atoms with E-state index in [1.54, 1.807) is 0 Å². The molecule has 2 aliphatic heterocycles. The topological polar surface area (TPSA) is 41.6 Å². The summed E-state index contributed by atoms with van der Waals surface area (Å²) in [4.78, 5) is 14.7. The third-order valence-electron chi connectivity index (χ3n) is 4.03. The predicted molar refractivity (Wildman–Crippen MR) is 78.5 cm³/mol. The lowest BCUT2D eigenvalue weighted by atomic mass is 10.0. The van der Waals surface area contributed by atoms with E-state index in [4.69, 9.17) is 4.74 Å². The van der Waals surface area contributed by atoms with Crippen molar-refractivity contribution in [1.82, 2.24) is 10.2 Å². The van der Waals surface area contributed by atoms with Gasteiger partial charge < -0.3 is 10.1 Å². The molecule has 4 nitrogen and oxygen atoms in total. The molecule has 108 valence electrons. The Morgan fingerprint density at radius 1 is 1.25 bits per heavy atom. The molecule has 3 rings (SSSR count). The fourth-order valence-corrected chi connectivity index (χ4v) is 2.89. The highest BCUT2D eigenvalue weighted by atomic mass is 16.5. The molecule has 0 amide bonds. The van der Waals surface area contributed by atoms with Gasteiger partial charge >= 0.3 is 0 Å². The van der Waals surface area contributed by atoms with Crippen LogP contribution in [0, 0.1) is 0 Å². The average molecular weight is 274 g/mol. The highest BCUT2D eigenvalue weighted by Gasteiger charge is 2.17. The number of carbonyl (C=O) groups excluding carboxylic acids is 1. The first kappa shape index (κ1) is 13.6. The third kappa shape index (κ3) is 3.19. The molecule has 1 N–H and O–H groups in total. The van der Waals surface area contributed by atoms with Crippen molar-refractivity contribution in [2.45, 2.75) is 19.3 Å². The largest absolute Gasteiger partial charge is 0.493 e. The van der Waals surface area contributed by atoms with Crippen molar-refractivity contribution in [2.75, 3.05) is 39.3 Å². The molecule has 0 aliphatic carbocycles. The van der Waals surface area contributed by atoms with Crippen LogP contribution in [0.25, 0.3) is 0 Å². The summed E-state index contributed by atoms with van der Waals surface area (Å²) in [5, 5.41) is 3.36. The summed E-state index contributed by atoms with van der Waals surface area (Å²) in [7, 11) is 0. The molecule has 1 aromatic rings. The number of hydrogen-bond acceptors (Lipinski definition) is 4. The minimum Gasteiger partial charge on any atom is -0.493 e. The first-order valence-electron chi connectivity index (χ1n) is 7.55. The Morgan fingerprint density at radius 3 is 3.15 bits per heavy atom. The van der Waals surface area contributed by atoms with Crippen LogP contribution in [0.1, 0.15) is 28.8 Å². The summed E-state index contributed by atoms with van der Waals surface area (Å²) in [6.45, 7) is 5.32. The zero-order chi connectivity index (χ0) is 13.8. The summed E-state index contributed by atoms with van der Waals surface area (Å²) in [5.41, 5.74) is 2.01. The van der Waals surface area contributed by atoms with Gasteiger partial charge in [-0.05, 0) is 56.1 Å². The molecular formula is C16H22N2O2. The molecule has 0 bridgehead atoms. The highest BCUT2D eigenvalue weighted by Crippen LogP contribution is 2.25. The van der Waals surface area contributed by atoms with E-state index in [9.17, 15) is 4.79 Å². The van der Waals surface area contributed by atoms with Crippen molar-refractivity contribution < 1.29 is 9.53 Å². The van der Waals surface area contributed by atoms with Gasteiger partial charge in [-0.25, -0.2) is 0 Å². The predicted octanol–water partition coefficient (Wildman–Crippen LogP) is 1.49. The maximum atomic E-state index is 12.4. The van der Waals surface area contributed by atoms with Crippen LogP contribution in [-0.2, 0) is 6.42 Å².